The van der Waals surface area contributed by atoms with Crippen LogP contribution in [-0.4, -0.2) is 55.0 Å². The molecule has 4 aromatic rings. The van der Waals surface area contributed by atoms with Gasteiger partial charge in [-0.25, -0.2) is 0 Å². The maximum atomic E-state index is 13.3. The summed E-state index contributed by atoms with van der Waals surface area (Å²) in [5.74, 6) is 4.98. The van der Waals surface area contributed by atoms with Crippen LogP contribution in [0.15, 0.2) is 97.1 Å². The summed E-state index contributed by atoms with van der Waals surface area (Å²) < 4.78 is 37.3. The first-order chi connectivity index (χ1) is 36.4. The first-order valence-electron chi connectivity index (χ1n) is 29.7. The lowest BCUT2D eigenvalue weighted by molar-refractivity contribution is -0.191. The Balaban J connectivity index is 0.000000182. The Morgan fingerprint density at radius 3 is 1.61 bits per heavy atom. The van der Waals surface area contributed by atoms with Crippen LogP contribution in [0.5, 0.6) is 11.5 Å². The number of carbonyl (C=O) groups excluding carboxylic acids is 1. The molecule has 2 aliphatic heterocycles. The fourth-order valence-electron chi connectivity index (χ4n) is 13.7. The number of hydrogen-bond donors (Lipinski definition) is 1. The van der Waals surface area contributed by atoms with Gasteiger partial charge in [0.05, 0.1) is 18.3 Å². The summed E-state index contributed by atoms with van der Waals surface area (Å²) in [6, 6.07) is 33.7. The second-order valence-electron chi connectivity index (χ2n) is 23.0. The lowest BCUT2D eigenvalue weighted by atomic mass is 9.73. The zero-order valence-corrected chi connectivity index (χ0v) is 45.2. The Kier molecular flexibility index (Phi) is 21.0. The van der Waals surface area contributed by atoms with Gasteiger partial charge in [0.15, 0.2) is 12.6 Å². The number of ketones is 1. The number of carbonyl (C=O) groups is 1. The van der Waals surface area contributed by atoms with Crippen LogP contribution in [0.2, 0.25) is 0 Å². The number of fused-ring (bicyclic) bond motifs is 4. The highest BCUT2D eigenvalue weighted by Crippen LogP contribution is 2.50. The number of rotatable bonds is 24. The summed E-state index contributed by atoms with van der Waals surface area (Å²) in [6.45, 7) is 7.32. The number of aliphatic hydroxyl groups excluding tert-OH is 1. The summed E-state index contributed by atoms with van der Waals surface area (Å²) in [5, 5.41) is 11.2. The van der Waals surface area contributed by atoms with E-state index in [2.05, 4.69) is 98.8 Å². The maximum Gasteiger partial charge on any atom is 0.157 e. The summed E-state index contributed by atoms with van der Waals surface area (Å²) in [7, 11) is 0. The first kappa shape index (κ1) is 54.7. The van der Waals surface area contributed by atoms with Crippen molar-refractivity contribution < 1.29 is 38.3 Å². The number of aliphatic hydroxyl groups is 1. The van der Waals surface area contributed by atoms with E-state index in [1.807, 2.05) is 12.1 Å². The van der Waals surface area contributed by atoms with Crippen LogP contribution in [0.25, 0.3) is 0 Å². The smallest absolute Gasteiger partial charge is 0.157 e. The molecule has 4 aliphatic carbocycles. The lowest BCUT2D eigenvalue weighted by Crippen LogP contribution is -2.30. The van der Waals surface area contributed by atoms with Crippen LogP contribution in [0.4, 0.5) is 0 Å². The molecule has 0 spiro atoms. The van der Waals surface area contributed by atoms with Gasteiger partial charge in [-0.2, -0.15) is 0 Å². The van der Waals surface area contributed by atoms with Crippen molar-refractivity contribution in [1.82, 2.24) is 0 Å². The van der Waals surface area contributed by atoms with E-state index < -0.39 is 0 Å². The molecule has 6 aliphatic rings. The summed E-state index contributed by atoms with van der Waals surface area (Å²) >= 11 is 0. The van der Waals surface area contributed by atoms with Crippen molar-refractivity contribution >= 4 is 5.78 Å². The van der Waals surface area contributed by atoms with Gasteiger partial charge in [-0.1, -0.05) is 137 Å². The molecule has 402 valence electrons. The zero-order chi connectivity index (χ0) is 50.9. The molecular formula is C66H90O8. The van der Waals surface area contributed by atoms with E-state index in [4.69, 9.17) is 28.4 Å². The topological polar surface area (TPSA) is 92.7 Å². The highest BCUT2D eigenvalue weighted by Gasteiger charge is 2.46. The lowest BCUT2D eigenvalue weighted by Gasteiger charge is -2.33. The second kappa shape index (κ2) is 28.4. The van der Waals surface area contributed by atoms with Gasteiger partial charge < -0.3 is 33.5 Å². The van der Waals surface area contributed by atoms with E-state index in [1.54, 1.807) is 0 Å². The van der Waals surface area contributed by atoms with Gasteiger partial charge in [-0.15, -0.1) is 0 Å². The third-order valence-electron chi connectivity index (χ3n) is 17.8. The molecule has 8 nitrogen and oxygen atoms in total. The van der Waals surface area contributed by atoms with Crippen LogP contribution < -0.4 is 9.47 Å². The summed E-state index contributed by atoms with van der Waals surface area (Å²) in [4.78, 5) is 13.3. The molecule has 4 fully saturated rings. The predicted molar refractivity (Wildman–Crippen MR) is 294 cm³/mol. The minimum Gasteiger partial charge on any atom is -0.489 e. The van der Waals surface area contributed by atoms with E-state index in [-0.39, 0.29) is 36.8 Å². The molecule has 0 aromatic heterocycles. The quantitative estimate of drug-likeness (QED) is 0.0694. The Hall–Kier alpha value is -4.05. The molecule has 0 radical (unpaired) electrons. The Morgan fingerprint density at radius 1 is 0.554 bits per heavy atom. The molecule has 0 bridgehead atoms. The van der Waals surface area contributed by atoms with Crippen molar-refractivity contribution in [2.24, 2.45) is 35.5 Å². The maximum absolute atomic E-state index is 13.3. The standard InChI is InChI=1S/C33H46O4.C33H44O4/c2*1-2-3-5-14-27(37-33-16-8-9-19-35-33)17-18-28-29-20-25-13-10-15-32(30(25)21-26(29)22-31(28)34)36-23-24-11-6-4-7-12-24/h4,6-7,10-13,15,26-29,31,33-34H,2-3,5,8-9,14,16-23H2,1H3;4,6-7,10-13,15,26-29,33H,2-3,5,8-9,14,16-23H2,1H3/t26-,27-,28+,29-,31+,33?;26-,27-,28?,29-,33?/m00/s1. The number of benzene rings is 4. The molecular weight excluding hydrogens is 921 g/mol. The molecule has 2 heterocycles. The van der Waals surface area contributed by atoms with Crippen LogP contribution in [0.3, 0.4) is 0 Å². The van der Waals surface area contributed by atoms with Crippen LogP contribution in [-0.2, 0) is 62.6 Å². The van der Waals surface area contributed by atoms with Gasteiger partial charge in [-0.3, -0.25) is 4.79 Å². The molecule has 0 amide bonds. The largest absolute Gasteiger partial charge is 0.489 e. The third kappa shape index (κ3) is 15.1. The molecule has 11 atom stereocenters. The SMILES string of the molecule is CCCCC[C@@H](CCC1C(=O)C[C@@H]2Cc3c(cccc3OCc3ccccc3)C[C@H]12)OC1CCCCO1.CCCCC[C@@H](CC[C@@H]1[C@H]2Cc3cccc(OCc4ccccc4)c3C[C@H]2C[C@H]1O)OC1CCCCO1. The molecule has 2 saturated carbocycles. The number of hydrogen-bond acceptors (Lipinski definition) is 8. The number of ether oxygens (including phenoxy) is 6. The van der Waals surface area contributed by atoms with Gasteiger partial charge >= 0.3 is 0 Å². The number of Topliss-reactive ketones (excluding diaryl/α,β-unsaturated/α-hetero) is 1. The van der Waals surface area contributed by atoms with E-state index >= 15 is 0 Å². The minimum absolute atomic E-state index is 0.0301. The van der Waals surface area contributed by atoms with Crippen molar-refractivity contribution in [2.45, 2.75) is 212 Å². The molecule has 2 saturated heterocycles. The Morgan fingerprint density at radius 2 is 1.08 bits per heavy atom. The van der Waals surface area contributed by atoms with E-state index in [1.165, 1.54) is 84.7 Å². The number of unbranched alkanes of at least 4 members (excludes halogenated alkanes) is 4. The highest BCUT2D eigenvalue weighted by molar-refractivity contribution is 5.84. The monoisotopic (exact) mass is 1010 g/mol. The molecule has 3 unspecified atom stereocenters. The molecule has 10 rings (SSSR count). The molecule has 4 aromatic carbocycles. The van der Waals surface area contributed by atoms with Crippen molar-refractivity contribution in [3.05, 3.63) is 130 Å². The third-order valence-corrected chi connectivity index (χ3v) is 17.8. The fourth-order valence-corrected chi connectivity index (χ4v) is 13.7. The van der Waals surface area contributed by atoms with Gasteiger partial charge in [0, 0.05) is 25.6 Å². The van der Waals surface area contributed by atoms with Crippen molar-refractivity contribution in [3.8, 4) is 11.5 Å². The first-order valence-corrected chi connectivity index (χ1v) is 29.7. The van der Waals surface area contributed by atoms with Crippen molar-refractivity contribution in [1.29, 1.82) is 0 Å². The van der Waals surface area contributed by atoms with Crippen molar-refractivity contribution in [2.75, 3.05) is 13.2 Å². The molecule has 74 heavy (non-hydrogen) atoms. The Labute approximate surface area is 445 Å². The van der Waals surface area contributed by atoms with Gasteiger partial charge in [0.25, 0.3) is 0 Å². The Bertz CT molecular complexity index is 2270. The normalized spacial score (nSPS) is 26.9. The molecule has 1 N–H and O–H groups in total. The average Bonchev–Trinajstić information content (AvgIpc) is 3.92. The molecule has 8 heteroatoms. The van der Waals surface area contributed by atoms with Crippen LogP contribution in [0, 0.1) is 35.5 Å². The van der Waals surface area contributed by atoms with Crippen LogP contribution >= 0.6 is 0 Å². The summed E-state index contributed by atoms with van der Waals surface area (Å²) in [5.41, 5.74) is 7.85. The van der Waals surface area contributed by atoms with E-state index in [0.717, 1.165) is 127 Å². The van der Waals surface area contributed by atoms with Gasteiger partial charge in [0.2, 0.25) is 0 Å². The zero-order valence-electron chi connectivity index (χ0n) is 45.2. The average molecular weight is 1010 g/mol. The highest BCUT2D eigenvalue weighted by atomic mass is 16.7. The summed E-state index contributed by atoms with van der Waals surface area (Å²) in [6.07, 6.45) is 26.0. The van der Waals surface area contributed by atoms with E-state index in [0.29, 0.717) is 48.6 Å². The van der Waals surface area contributed by atoms with Crippen LogP contribution in [0.1, 0.15) is 176 Å². The van der Waals surface area contributed by atoms with Gasteiger partial charge in [0.1, 0.15) is 30.5 Å². The predicted octanol–water partition coefficient (Wildman–Crippen LogP) is 14.7. The fraction of sp³-hybridized carbons (Fsp3) is 0.621. The second-order valence-corrected chi connectivity index (χ2v) is 23.0. The van der Waals surface area contributed by atoms with Crippen molar-refractivity contribution in [3.63, 3.8) is 0 Å². The van der Waals surface area contributed by atoms with E-state index in [9.17, 15) is 9.90 Å². The minimum atomic E-state index is -0.208. The van der Waals surface area contributed by atoms with Gasteiger partial charge in [-0.05, 0) is 184 Å².